The number of rotatable bonds is 8. The van der Waals surface area contributed by atoms with E-state index in [4.69, 9.17) is 4.98 Å². The highest BCUT2D eigenvalue weighted by Gasteiger charge is 2.19. The van der Waals surface area contributed by atoms with Crippen LogP contribution in [-0.2, 0) is 4.79 Å². The Balaban J connectivity index is 1.53. The normalized spacial score (nSPS) is 10.9. The Morgan fingerprint density at radius 2 is 1.55 bits per heavy atom. The summed E-state index contributed by atoms with van der Waals surface area (Å²) in [7, 11) is 0. The fourth-order valence-electron chi connectivity index (χ4n) is 3.12. The number of carbonyl (C=O) groups excluding carboxylic acids is 2. The minimum atomic E-state index is -0.0627. The molecule has 0 saturated heterocycles. The first-order valence-corrected chi connectivity index (χ1v) is 13.1. The molecule has 3 aromatic heterocycles. The first-order valence-electron chi connectivity index (χ1n) is 10.4. The van der Waals surface area contributed by atoms with Crippen molar-refractivity contribution in [3.63, 3.8) is 0 Å². The van der Waals surface area contributed by atoms with E-state index in [0.717, 1.165) is 32.3 Å². The summed E-state index contributed by atoms with van der Waals surface area (Å²) in [5, 5.41) is 16.1. The van der Waals surface area contributed by atoms with Gasteiger partial charge in [-0.2, -0.15) is 0 Å². The summed E-state index contributed by atoms with van der Waals surface area (Å²) in [5.74, 6) is 0.0963. The molecule has 9 heteroatoms. The molecule has 4 rings (SSSR count). The lowest BCUT2D eigenvalue weighted by Gasteiger charge is -2.09. The summed E-state index contributed by atoms with van der Waals surface area (Å²) in [6, 6.07) is 11.0. The van der Waals surface area contributed by atoms with Gasteiger partial charge in [0.1, 0.15) is 11.4 Å². The highest BCUT2D eigenvalue weighted by atomic mass is 32.2. The number of thioether (sulfide) groups is 1. The van der Waals surface area contributed by atoms with Gasteiger partial charge in [-0.25, -0.2) is 4.98 Å². The summed E-state index contributed by atoms with van der Waals surface area (Å²) < 4.78 is 0. The van der Waals surface area contributed by atoms with Crippen molar-refractivity contribution in [3.8, 4) is 21.1 Å². The maximum atomic E-state index is 12.7. The van der Waals surface area contributed by atoms with Crippen LogP contribution >= 0.6 is 34.4 Å². The highest BCUT2D eigenvalue weighted by Crippen LogP contribution is 2.38. The van der Waals surface area contributed by atoms with Crippen molar-refractivity contribution in [2.75, 3.05) is 11.1 Å². The number of aromatic nitrogens is 3. The van der Waals surface area contributed by atoms with Crippen molar-refractivity contribution in [1.82, 2.24) is 15.2 Å². The number of thiophene rings is 2. The van der Waals surface area contributed by atoms with E-state index in [2.05, 4.69) is 41.5 Å². The molecule has 1 aromatic carbocycles. The Kier molecular flexibility index (Phi) is 7.32. The number of aryl methyl sites for hydroxylation is 2. The fraction of sp³-hybridized carbons (Fsp3) is 0.208. The van der Waals surface area contributed by atoms with Crippen molar-refractivity contribution in [3.05, 3.63) is 63.8 Å². The van der Waals surface area contributed by atoms with E-state index in [1.54, 1.807) is 53.9 Å². The molecular weight excluding hydrogens is 472 g/mol. The lowest BCUT2D eigenvalue weighted by atomic mass is 10.1. The van der Waals surface area contributed by atoms with Crippen LogP contribution in [0.2, 0.25) is 0 Å². The van der Waals surface area contributed by atoms with E-state index in [9.17, 15) is 9.59 Å². The van der Waals surface area contributed by atoms with Crippen LogP contribution in [-0.4, -0.2) is 32.6 Å². The lowest BCUT2D eigenvalue weighted by molar-refractivity contribution is -0.115. The number of Topliss-reactive ketones (excluding diaryl/α,β-unsaturated/α-hetero) is 1. The third kappa shape index (κ3) is 5.38. The number of nitrogens with one attached hydrogen (secondary N) is 1. The van der Waals surface area contributed by atoms with Crippen molar-refractivity contribution < 1.29 is 9.59 Å². The van der Waals surface area contributed by atoms with Crippen LogP contribution in [0.4, 0.5) is 5.69 Å². The van der Waals surface area contributed by atoms with E-state index < -0.39 is 0 Å². The molecule has 0 spiro atoms. The molecule has 0 aliphatic rings. The Morgan fingerprint density at radius 3 is 2.12 bits per heavy atom. The summed E-state index contributed by atoms with van der Waals surface area (Å²) in [6.07, 6.45) is 0.406. The van der Waals surface area contributed by atoms with E-state index in [1.165, 1.54) is 11.8 Å². The van der Waals surface area contributed by atoms with Gasteiger partial charge < -0.3 is 5.32 Å². The quantitative estimate of drug-likeness (QED) is 0.230. The van der Waals surface area contributed by atoms with Crippen LogP contribution in [0, 0.1) is 13.8 Å². The molecular formula is C24H22N4O2S3. The Morgan fingerprint density at radius 1 is 0.909 bits per heavy atom. The van der Waals surface area contributed by atoms with Crippen LogP contribution < -0.4 is 5.32 Å². The van der Waals surface area contributed by atoms with E-state index in [0.29, 0.717) is 22.8 Å². The van der Waals surface area contributed by atoms with Crippen LogP contribution in [0.5, 0.6) is 0 Å². The molecule has 4 aromatic rings. The smallest absolute Gasteiger partial charge is 0.224 e. The predicted molar refractivity (Wildman–Crippen MR) is 136 cm³/mol. The third-order valence-corrected chi connectivity index (χ3v) is 7.85. The standard InChI is InChI=1S/C24H22N4O2S3/c1-4-19(30)25-17-7-5-16(6-8-17)18(29)13-33-24-26-20(22-14(2)9-11-31-22)21(27-28-24)23-15(3)10-12-32-23/h5-12H,4,13H2,1-3H3,(H,25,30). The molecule has 168 valence electrons. The second-order valence-corrected chi connectivity index (χ2v) is 10.1. The number of nitrogens with zero attached hydrogens (tertiary/aromatic N) is 3. The van der Waals surface area contributed by atoms with Gasteiger partial charge in [0.2, 0.25) is 11.1 Å². The first-order chi connectivity index (χ1) is 16.0. The number of ketones is 1. The van der Waals surface area contributed by atoms with E-state index >= 15 is 0 Å². The SMILES string of the molecule is CCC(=O)Nc1ccc(C(=O)CSc2nnc(-c3sccc3C)c(-c3sccc3C)n2)cc1. The number of hydrogen-bond acceptors (Lipinski definition) is 8. The largest absolute Gasteiger partial charge is 0.326 e. The molecule has 0 bridgehead atoms. The zero-order chi connectivity index (χ0) is 23.4. The molecule has 0 aliphatic heterocycles. The number of amides is 1. The maximum absolute atomic E-state index is 12.7. The zero-order valence-electron chi connectivity index (χ0n) is 18.4. The van der Waals surface area contributed by atoms with Crippen molar-refractivity contribution >= 4 is 51.8 Å². The molecule has 6 nitrogen and oxygen atoms in total. The summed E-state index contributed by atoms with van der Waals surface area (Å²) in [5.41, 5.74) is 5.10. The molecule has 0 saturated carbocycles. The van der Waals surface area contributed by atoms with Crippen LogP contribution in [0.1, 0.15) is 34.8 Å². The van der Waals surface area contributed by atoms with Gasteiger partial charge in [-0.1, -0.05) is 18.7 Å². The van der Waals surface area contributed by atoms with Gasteiger partial charge in [-0.3, -0.25) is 9.59 Å². The molecule has 1 amide bonds. The monoisotopic (exact) mass is 494 g/mol. The second-order valence-electron chi connectivity index (χ2n) is 7.35. The molecule has 0 radical (unpaired) electrons. The van der Waals surface area contributed by atoms with Crippen LogP contribution in [0.25, 0.3) is 21.1 Å². The molecule has 1 N–H and O–H groups in total. The number of hydrogen-bond donors (Lipinski definition) is 1. The molecule has 0 unspecified atom stereocenters. The minimum Gasteiger partial charge on any atom is -0.326 e. The van der Waals surface area contributed by atoms with Crippen LogP contribution in [0.15, 0.2) is 52.3 Å². The van der Waals surface area contributed by atoms with Gasteiger partial charge in [0.05, 0.1) is 15.5 Å². The van der Waals surface area contributed by atoms with Gasteiger partial charge in [0.25, 0.3) is 0 Å². The molecule has 3 heterocycles. The predicted octanol–water partition coefficient (Wildman–Crippen LogP) is 6.27. The van der Waals surface area contributed by atoms with Gasteiger partial charge in [-0.15, -0.1) is 32.9 Å². The van der Waals surface area contributed by atoms with Crippen molar-refractivity contribution in [2.45, 2.75) is 32.3 Å². The molecule has 33 heavy (non-hydrogen) atoms. The average molecular weight is 495 g/mol. The average Bonchev–Trinajstić information content (AvgIpc) is 3.45. The van der Waals surface area contributed by atoms with Gasteiger partial charge in [0, 0.05) is 17.7 Å². The number of carbonyl (C=O) groups is 2. The van der Waals surface area contributed by atoms with E-state index in [1.807, 2.05) is 10.8 Å². The fourth-order valence-corrected chi connectivity index (χ4v) is 5.63. The Hall–Kier alpha value is -2.88. The number of benzene rings is 1. The number of anilines is 1. The third-order valence-electron chi connectivity index (χ3n) is 4.97. The van der Waals surface area contributed by atoms with Crippen LogP contribution in [0.3, 0.4) is 0 Å². The highest BCUT2D eigenvalue weighted by molar-refractivity contribution is 7.99. The zero-order valence-corrected chi connectivity index (χ0v) is 20.9. The van der Waals surface area contributed by atoms with E-state index in [-0.39, 0.29) is 17.4 Å². The molecule has 0 aliphatic carbocycles. The topological polar surface area (TPSA) is 84.8 Å². The van der Waals surface area contributed by atoms with Crippen molar-refractivity contribution in [1.29, 1.82) is 0 Å². The Labute approximate surface area is 204 Å². The first kappa shape index (κ1) is 23.3. The maximum Gasteiger partial charge on any atom is 0.224 e. The van der Waals surface area contributed by atoms with Gasteiger partial charge >= 0.3 is 0 Å². The van der Waals surface area contributed by atoms with Crippen molar-refractivity contribution in [2.24, 2.45) is 0 Å². The summed E-state index contributed by atoms with van der Waals surface area (Å²) in [4.78, 5) is 31.1. The Bertz CT molecular complexity index is 1300. The second kappa shape index (κ2) is 10.4. The van der Waals surface area contributed by atoms with Gasteiger partial charge in [-0.05, 0) is 72.1 Å². The summed E-state index contributed by atoms with van der Waals surface area (Å²) >= 11 is 4.52. The molecule has 0 atom stereocenters. The summed E-state index contributed by atoms with van der Waals surface area (Å²) in [6.45, 7) is 5.90. The minimum absolute atomic E-state index is 0.0380. The lowest BCUT2D eigenvalue weighted by Crippen LogP contribution is -2.10. The molecule has 0 fully saturated rings. The van der Waals surface area contributed by atoms with Gasteiger partial charge in [0.15, 0.2) is 5.78 Å².